The minimum atomic E-state index is -4.15. The molecule has 0 spiro atoms. The van der Waals surface area contributed by atoms with E-state index in [4.69, 9.17) is 10.5 Å². The Morgan fingerprint density at radius 2 is 1.88 bits per heavy atom. The molecule has 1 aromatic heterocycles. The van der Waals surface area contributed by atoms with Gasteiger partial charge in [-0.25, -0.2) is 9.37 Å². The minimum absolute atomic E-state index is 0.000777. The predicted octanol–water partition coefficient (Wildman–Crippen LogP) is 3.62. The highest BCUT2D eigenvalue weighted by molar-refractivity contribution is 5.80. The van der Waals surface area contributed by atoms with Crippen molar-refractivity contribution >= 4 is 5.91 Å². The number of β-amino-alcohol motifs (C(OH)–C–C–N with tert-alkyl or cyclic N) is 1. The van der Waals surface area contributed by atoms with Crippen LogP contribution in [0.4, 0.5) is 17.6 Å². The van der Waals surface area contributed by atoms with Gasteiger partial charge in [-0.2, -0.15) is 13.2 Å². The van der Waals surface area contributed by atoms with Crippen LogP contribution in [0.3, 0.4) is 0 Å². The molecule has 1 amide bonds. The maximum absolute atomic E-state index is 15.0. The number of hydrogen-bond donors (Lipinski definition) is 3. The molecular formula is C29H36F4N4O4. The Bertz CT molecular complexity index is 1220. The fourth-order valence-corrected chi connectivity index (χ4v) is 6.20. The van der Waals surface area contributed by atoms with Gasteiger partial charge in [0.15, 0.2) is 0 Å². The first-order valence-electron chi connectivity index (χ1n) is 14.0. The fourth-order valence-electron chi connectivity index (χ4n) is 6.20. The number of halogens is 4. The number of nitrogens with two attached hydrogens (primary N) is 1. The van der Waals surface area contributed by atoms with Crippen molar-refractivity contribution < 1.29 is 37.3 Å². The largest absolute Gasteiger partial charge is 0.477 e. The van der Waals surface area contributed by atoms with E-state index < -0.39 is 41.7 Å². The van der Waals surface area contributed by atoms with E-state index in [2.05, 4.69) is 4.98 Å². The third-order valence-corrected chi connectivity index (χ3v) is 8.92. The lowest BCUT2D eigenvalue weighted by Gasteiger charge is -2.47. The van der Waals surface area contributed by atoms with Crippen molar-refractivity contribution in [3.05, 3.63) is 47.9 Å². The van der Waals surface area contributed by atoms with Gasteiger partial charge >= 0.3 is 6.18 Å². The molecule has 8 nitrogen and oxygen atoms in total. The van der Waals surface area contributed by atoms with Crippen molar-refractivity contribution in [1.29, 1.82) is 0 Å². The summed E-state index contributed by atoms with van der Waals surface area (Å²) >= 11 is 0. The van der Waals surface area contributed by atoms with Crippen LogP contribution in [-0.4, -0.2) is 82.0 Å². The third-order valence-electron chi connectivity index (χ3n) is 8.92. The quantitative estimate of drug-likeness (QED) is 0.389. The molecule has 4 N–H and O–H groups in total. The second-order valence-electron chi connectivity index (χ2n) is 11.7. The van der Waals surface area contributed by atoms with Crippen molar-refractivity contribution in [1.82, 2.24) is 14.8 Å². The van der Waals surface area contributed by atoms with Crippen LogP contribution in [0.15, 0.2) is 36.5 Å². The SMILES string of the molecule is NC(=O)C1C[C@@H](O)CN1C(O)c1ccc(-c2ccc(OCC3CCN(CC4(C(F)(F)F)CCC4)CC3)nc2)cc1F. The van der Waals surface area contributed by atoms with E-state index in [-0.39, 0.29) is 43.8 Å². The van der Waals surface area contributed by atoms with Crippen LogP contribution in [-0.2, 0) is 4.79 Å². The number of aliphatic hydroxyl groups is 2. The van der Waals surface area contributed by atoms with E-state index in [0.29, 0.717) is 43.1 Å². The van der Waals surface area contributed by atoms with Gasteiger partial charge in [0.05, 0.1) is 24.2 Å². The molecule has 2 unspecified atom stereocenters. The number of aromatic nitrogens is 1. The number of ether oxygens (including phenoxy) is 1. The number of primary amides is 1. The van der Waals surface area contributed by atoms with Crippen molar-refractivity contribution in [2.45, 2.75) is 63.1 Å². The van der Waals surface area contributed by atoms with Gasteiger partial charge in [0.2, 0.25) is 11.8 Å². The molecule has 2 saturated heterocycles. The maximum atomic E-state index is 15.0. The molecule has 3 atom stereocenters. The Morgan fingerprint density at radius 3 is 2.44 bits per heavy atom. The Hall–Kier alpha value is -2.80. The van der Waals surface area contributed by atoms with Crippen LogP contribution in [0.1, 0.15) is 50.3 Å². The summed E-state index contributed by atoms with van der Waals surface area (Å²) in [5, 5.41) is 20.6. The molecule has 1 aromatic carbocycles. The lowest BCUT2D eigenvalue weighted by molar-refractivity contribution is -0.256. The van der Waals surface area contributed by atoms with Gasteiger partial charge < -0.3 is 25.6 Å². The highest BCUT2D eigenvalue weighted by Gasteiger charge is 2.58. The van der Waals surface area contributed by atoms with Gasteiger partial charge in [0.1, 0.15) is 12.0 Å². The molecule has 5 rings (SSSR count). The first-order valence-corrected chi connectivity index (χ1v) is 14.0. The van der Waals surface area contributed by atoms with Crippen molar-refractivity contribution in [3.8, 4) is 17.0 Å². The molecule has 2 aliphatic heterocycles. The molecule has 3 aliphatic rings. The number of aliphatic hydroxyl groups excluding tert-OH is 2. The fraction of sp³-hybridized carbons (Fsp3) is 0.586. The molecule has 1 saturated carbocycles. The summed E-state index contributed by atoms with van der Waals surface area (Å²) in [6.45, 7) is 1.75. The number of rotatable bonds is 9. The molecular weight excluding hydrogens is 544 g/mol. The van der Waals surface area contributed by atoms with Gasteiger partial charge in [0.25, 0.3) is 0 Å². The summed E-state index contributed by atoms with van der Waals surface area (Å²) < 4.78 is 61.4. The van der Waals surface area contributed by atoms with Crippen LogP contribution < -0.4 is 10.5 Å². The van der Waals surface area contributed by atoms with Gasteiger partial charge in [-0.1, -0.05) is 18.6 Å². The first-order chi connectivity index (χ1) is 19.5. The Labute approximate surface area is 236 Å². The van der Waals surface area contributed by atoms with Gasteiger partial charge in [0, 0.05) is 36.5 Å². The molecule has 2 aromatic rings. The number of alkyl halides is 3. The molecule has 1 aliphatic carbocycles. The van der Waals surface area contributed by atoms with E-state index in [1.165, 1.54) is 17.0 Å². The summed E-state index contributed by atoms with van der Waals surface area (Å²) in [7, 11) is 0. The number of benzene rings is 1. The van der Waals surface area contributed by atoms with Crippen molar-refractivity contribution in [2.75, 3.05) is 32.8 Å². The van der Waals surface area contributed by atoms with Gasteiger partial charge in [-0.3, -0.25) is 9.69 Å². The number of carbonyl (C=O) groups is 1. The smallest absolute Gasteiger partial charge is 0.395 e. The molecule has 3 fully saturated rings. The number of carbonyl (C=O) groups excluding carboxylic acids is 1. The first kappa shape index (κ1) is 29.7. The number of amides is 1. The Balaban J connectivity index is 1.12. The monoisotopic (exact) mass is 580 g/mol. The topological polar surface area (TPSA) is 112 Å². The molecule has 12 heteroatoms. The van der Waals surface area contributed by atoms with Gasteiger partial charge in [-0.15, -0.1) is 0 Å². The normalized spacial score (nSPS) is 24.6. The summed E-state index contributed by atoms with van der Waals surface area (Å²) in [6.07, 6.45) is -2.18. The second-order valence-corrected chi connectivity index (χ2v) is 11.7. The van der Waals surface area contributed by atoms with Crippen LogP contribution >= 0.6 is 0 Å². The van der Waals surface area contributed by atoms with Gasteiger partial charge in [-0.05, 0) is 68.8 Å². The Kier molecular flexibility index (Phi) is 8.56. The van der Waals surface area contributed by atoms with E-state index in [9.17, 15) is 28.2 Å². The summed E-state index contributed by atoms with van der Waals surface area (Å²) in [6, 6.07) is 6.85. The maximum Gasteiger partial charge on any atom is 0.395 e. The highest BCUT2D eigenvalue weighted by Crippen LogP contribution is 2.53. The summed E-state index contributed by atoms with van der Waals surface area (Å²) in [5.74, 6) is -0.738. The number of nitrogens with zero attached hydrogens (tertiary/aromatic N) is 3. The third kappa shape index (κ3) is 6.35. The molecule has 3 heterocycles. The number of pyridine rings is 1. The standard InChI is InChI=1S/C29H36F4N4O4/c30-23-12-19(2-4-22(23)27(40)37-15-21(38)13-24(37)26(34)39)20-3-5-25(35-14-20)41-16-18-6-10-36(11-7-18)17-28(8-1-9-28)29(31,32)33/h2-5,12,14,18,21,24,27,38,40H,1,6-11,13,15-17H2,(H2,34,39)/t21-,24?,27?/m1/s1. The average Bonchev–Trinajstić information content (AvgIpc) is 3.31. The lowest BCUT2D eigenvalue weighted by Crippen LogP contribution is -2.53. The van der Waals surface area contributed by atoms with E-state index >= 15 is 4.39 Å². The van der Waals surface area contributed by atoms with E-state index in [0.717, 1.165) is 12.8 Å². The summed E-state index contributed by atoms with van der Waals surface area (Å²) in [5.41, 5.74) is 4.97. The lowest BCUT2D eigenvalue weighted by atomic mass is 9.67. The zero-order chi connectivity index (χ0) is 29.4. The zero-order valence-electron chi connectivity index (χ0n) is 22.7. The van der Waals surface area contributed by atoms with Crippen LogP contribution in [0.5, 0.6) is 5.88 Å². The zero-order valence-corrected chi connectivity index (χ0v) is 22.7. The van der Waals surface area contributed by atoms with Crippen LogP contribution in [0.2, 0.25) is 0 Å². The average molecular weight is 581 g/mol. The molecule has 0 radical (unpaired) electrons. The minimum Gasteiger partial charge on any atom is -0.477 e. The number of hydrogen-bond acceptors (Lipinski definition) is 7. The number of likely N-dealkylation sites (tertiary alicyclic amines) is 2. The molecule has 0 bridgehead atoms. The molecule has 224 valence electrons. The molecule has 41 heavy (non-hydrogen) atoms. The van der Waals surface area contributed by atoms with Crippen LogP contribution in [0.25, 0.3) is 11.1 Å². The second kappa shape index (κ2) is 11.8. The van der Waals surface area contributed by atoms with Crippen LogP contribution in [0, 0.1) is 17.2 Å². The van der Waals surface area contributed by atoms with E-state index in [1.807, 2.05) is 4.90 Å². The summed E-state index contributed by atoms with van der Waals surface area (Å²) in [4.78, 5) is 19.2. The van der Waals surface area contributed by atoms with Crippen molar-refractivity contribution in [3.63, 3.8) is 0 Å². The van der Waals surface area contributed by atoms with E-state index in [1.54, 1.807) is 24.4 Å². The van der Waals surface area contributed by atoms with Crippen molar-refractivity contribution in [2.24, 2.45) is 17.1 Å². The predicted molar refractivity (Wildman–Crippen MR) is 142 cm³/mol. The Morgan fingerprint density at radius 1 is 1.17 bits per heavy atom. The highest BCUT2D eigenvalue weighted by atomic mass is 19.4. The number of piperidine rings is 1.